The zero-order valence-electron chi connectivity index (χ0n) is 31.0. The molecule has 0 radical (unpaired) electrons. The first-order valence-corrected chi connectivity index (χ1v) is 21.2. The predicted octanol–water partition coefficient (Wildman–Crippen LogP) is 6.56. The quantitative estimate of drug-likeness (QED) is 0.0332. The van der Waals surface area contributed by atoms with Gasteiger partial charge in [-0.1, -0.05) is 142 Å². The molecular weight excluding hydrogens is 668 g/mol. The van der Waals surface area contributed by atoms with Gasteiger partial charge in [0.2, 0.25) is 0 Å². The molecule has 0 saturated carbocycles. The molecule has 1 aliphatic rings. The molecule has 0 aliphatic carbocycles. The number of aliphatic hydroxyl groups excluding tert-OH is 3. The predicted molar refractivity (Wildman–Crippen MR) is 192 cm³/mol. The number of hydrogen-bond acceptors (Lipinski definition) is 11. The molecule has 1 rings (SSSR count). The molecule has 296 valence electrons. The van der Waals surface area contributed by atoms with Crippen molar-refractivity contribution in [2.75, 3.05) is 19.0 Å². The minimum atomic E-state index is -4.59. The molecule has 13 heteroatoms. The molecular formula is C37H70O12S. The van der Waals surface area contributed by atoms with Gasteiger partial charge in [-0.2, -0.15) is 8.42 Å². The van der Waals surface area contributed by atoms with Crippen LogP contribution in [-0.2, 0) is 38.7 Å². The van der Waals surface area contributed by atoms with Gasteiger partial charge < -0.3 is 34.3 Å². The third-order valence-corrected chi connectivity index (χ3v) is 9.94. The van der Waals surface area contributed by atoms with Crippen molar-refractivity contribution in [2.24, 2.45) is 0 Å². The van der Waals surface area contributed by atoms with Crippen molar-refractivity contribution in [1.82, 2.24) is 0 Å². The summed E-state index contributed by atoms with van der Waals surface area (Å²) in [5.74, 6) is -1.97. The fourth-order valence-electron chi connectivity index (χ4n) is 6.09. The van der Waals surface area contributed by atoms with E-state index in [1.165, 1.54) is 89.9 Å². The fourth-order valence-corrected chi connectivity index (χ4v) is 6.78. The number of rotatable bonds is 32. The molecule has 1 heterocycles. The highest BCUT2D eigenvalue weighted by molar-refractivity contribution is 7.85. The number of unbranched alkanes of at least 4 members (excludes halogenated alkanes) is 20. The Morgan fingerprint density at radius 3 is 1.46 bits per heavy atom. The number of aliphatic hydroxyl groups is 3. The molecule has 0 unspecified atom stereocenters. The lowest BCUT2D eigenvalue weighted by Gasteiger charge is -2.40. The number of hydrogen-bond donors (Lipinski definition) is 4. The van der Waals surface area contributed by atoms with Gasteiger partial charge in [0.15, 0.2) is 12.4 Å². The number of esters is 2. The summed E-state index contributed by atoms with van der Waals surface area (Å²) in [5.41, 5.74) is 0. The van der Waals surface area contributed by atoms with Crippen LogP contribution in [0.5, 0.6) is 0 Å². The first kappa shape index (κ1) is 46.7. The van der Waals surface area contributed by atoms with Crippen LogP contribution >= 0.6 is 0 Å². The van der Waals surface area contributed by atoms with E-state index in [4.69, 9.17) is 18.9 Å². The van der Waals surface area contributed by atoms with Gasteiger partial charge in [-0.15, -0.1) is 0 Å². The van der Waals surface area contributed by atoms with Gasteiger partial charge in [-0.3, -0.25) is 14.1 Å². The van der Waals surface area contributed by atoms with E-state index in [9.17, 15) is 37.9 Å². The Balaban J connectivity index is 2.51. The Bertz CT molecular complexity index is 962. The second kappa shape index (κ2) is 29.1. The van der Waals surface area contributed by atoms with E-state index in [1.807, 2.05) is 0 Å². The topological polar surface area (TPSA) is 186 Å². The van der Waals surface area contributed by atoms with Gasteiger partial charge in [-0.25, -0.2) is 0 Å². The largest absolute Gasteiger partial charge is 0.462 e. The van der Waals surface area contributed by atoms with Crippen LogP contribution in [0.25, 0.3) is 0 Å². The highest BCUT2D eigenvalue weighted by Gasteiger charge is 2.46. The highest BCUT2D eigenvalue weighted by Crippen LogP contribution is 2.24. The summed E-state index contributed by atoms with van der Waals surface area (Å²) >= 11 is 0. The van der Waals surface area contributed by atoms with Crippen LogP contribution in [0.15, 0.2) is 0 Å². The Morgan fingerprint density at radius 2 is 1.02 bits per heavy atom. The van der Waals surface area contributed by atoms with E-state index in [0.29, 0.717) is 12.8 Å². The van der Waals surface area contributed by atoms with E-state index in [2.05, 4.69) is 13.8 Å². The summed E-state index contributed by atoms with van der Waals surface area (Å²) in [6.45, 7) is 3.71. The average Bonchev–Trinajstić information content (AvgIpc) is 3.07. The van der Waals surface area contributed by atoms with Crippen LogP contribution in [0.2, 0.25) is 0 Å². The smallest absolute Gasteiger partial charge is 0.306 e. The molecule has 12 nitrogen and oxygen atoms in total. The fraction of sp³-hybridized carbons (Fsp3) is 0.946. The van der Waals surface area contributed by atoms with E-state index in [0.717, 1.165) is 38.5 Å². The molecule has 0 amide bonds. The summed E-state index contributed by atoms with van der Waals surface area (Å²) < 4.78 is 53.7. The van der Waals surface area contributed by atoms with Gasteiger partial charge in [0.25, 0.3) is 10.1 Å². The maximum absolute atomic E-state index is 12.7. The Morgan fingerprint density at radius 1 is 0.600 bits per heavy atom. The van der Waals surface area contributed by atoms with E-state index in [1.54, 1.807) is 0 Å². The second-order valence-electron chi connectivity index (χ2n) is 14.0. The lowest BCUT2D eigenvalue weighted by atomic mass is 10.00. The normalized spacial score (nSPS) is 21.6. The molecule has 1 aliphatic heterocycles. The first-order chi connectivity index (χ1) is 24.0. The monoisotopic (exact) mass is 738 g/mol. The molecule has 0 spiro atoms. The van der Waals surface area contributed by atoms with Crippen LogP contribution in [-0.4, -0.2) is 96.0 Å². The molecule has 1 saturated heterocycles. The van der Waals surface area contributed by atoms with Gasteiger partial charge in [0.1, 0.15) is 36.8 Å². The van der Waals surface area contributed by atoms with Gasteiger partial charge in [0.05, 0.1) is 6.61 Å². The van der Waals surface area contributed by atoms with E-state index < -0.39 is 71.2 Å². The molecule has 50 heavy (non-hydrogen) atoms. The summed E-state index contributed by atoms with van der Waals surface area (Å²) in [7, 11) is -4.59. The zero-order chi connectivity index (χ0) is 37.0. The van der Waals surface area contributed by atoms with Crippen molar-refractivity contribution in [3.63, 3.8) is 0 Å². The minimum absolute atomic E-state index is 0.171. The van der Waals surface area contributed by atoms with Crippen molar-refractivity contribution in [3.05, 3.63) is 0 Å². The summed E-state index contributed by atoms with van der Waals surface area (Å²) in [5, 5.41) is 30.7. The first-order valence-electron chi connectivity index (χ1n) is 19.6. The van der Waals surface area contributed by atoms with Crippen molar-refractivity contribution in [3.8, 4) is 0 Å². The molecule has 0 aromatic carbocycles. The van der Waals surface area contributed by atoms with Crippen molar-refractivity contribution in [2.45, 2.75) is 205 Å². The van der Waals surface area contributed by atoms with Crippen LogP contribution in [0.4, 0.5) is 0 Å². The van der Waals surface area contributed by atoms with Crippen molar-refractivity contribution < 1.29 is 56.8 Å². The molecule has 1 fully saturated rings. The molecule has 6 atom stereocenters. The second-order valence-corrected chi connectivity index (χ2v) is 15.5. The average molecular weight is 739 g/mol. The van der Waals surface area contributed by atoms with E-state index in [-0.39, 0.29) is 19.4 Å². The van der Waals surface area contributed by atoms with Crippen molar-refractivity contribution in [1.29, 1.82) is 0 Å². The maximum Gasteiger partial charge on any atom is 0.306 e. The van der Waals surface area contributed by atoms with Crippen molar-refractivity contribution >= 4 is 22.1 Å². The zero-order valence-corrected chi connectivity index (χ0v) is 31.8. The third kappa shape index (κ3) is 24.0. The van der Waals surface area contributed by atoms with Crippen LogP contribution in [0, 0.1) is 0 Å². The van der Waals surface area contributed by atoms with Gasteiger partial charge >= 0.3 is 11.9 Å². The molecule has 0 bridgehead atoms. The Hall–Kier alpha value is -1.35. The lowest BCUT2D eigenvalue weighted by molar-refractivity contribution is -0.297. The van der Waals surface area contributed by atoms with Crippen LogP contribution in [0.3, 0.4) is 0 Å². The number of carbonyl (C=O) groups is 2. The Labute approximate surface area is 302 Å². The minimum Gasteiger partial charge on any atom is -0.462 e. The SMILES string of the molecule is CCCCCCCCCCCCCCCC(=O)O[C@H](COC(=O)CCCCCCCCCCC)CO[C@@H]1O[C@H](CS(=O)(=O)O)[C@@H](O)[C@H](O)[C@H]1O. The molecule has 0 aromatic rings. The number of carbonyl (C=O) groups excluding carboxylic acids is 2. The van der Waals surface area contributed by atoms with Crippen LogP contribution < -0.4 is 0 Å². The molecule has 0 aromatic heterocycles. The highest BCUT2D eigenvalue weighted by atomic mass is 32.2. The Kier molecular flexibility index (Phi) is 27.2. The maximum atomic E-state index is 12.7. The standard InChI is InChI=1S/C37H70O12S/c1-3-5-7-9-11-13-14-15-16-18-20-22-24-26-33(39)48-30(27-46-32(38)25-23-21-19-17-12-10-8-6-4-2)28-47-37-36(42)35(41)34(40)31(49-37)29-50(43,44)45/h30-31,34-37,40-42H,3-29H2,1-2H3,(H,43,44,45)/t30-,31-,34-,35+,36-,37-/m1/s1. The van der Waals surface area contributed by atoms with Crippen LogP contribution in [0.1, 0.15) is 168 Å². The molecule has 4 N–H and O–H groups in total. The van der Waals surface area contributed by atoms with Gasteiger partial charge in [0, 0.05) is 12.8 Å². The lowest BCUT2D eigenvalue weighted by Crippen LogP contribution is -2.60. The summed E-state index contributed by atoms with van der Waals surface area (Å²) in [6, 6.07) is 0. The summed E-state index contributed by atoms with van der Waals surface area (Å²) in [6.07, 6.45) is 16.0. The van der Waals surface area contributed by atoms with Gasteiger partial charge in [-0.05, 0) is 12.8 Å². The van der Waals surface area contributed by atoms with E-state index >= 15 is 0 Å². The number of ether oxygens (including phenoxy) is 4. The third-order valence-electron chi connectivity index (χ3n) is 9.19. The summed E-state index contributed by atoms with van der Waals surface area (Å²) in [4.78, 5) is 25.2.